The van der Waals surface area contributed by atoms with E-state index < -0.39 is 5.97 Å². The fraction of sp³-hybridized carbons (Fsp3) is 0.238. The quantitative estimate of drug-likeness (QED) is 0.739. The normalized spacial score (nSPS) is 10.8. The number of aromatic nitrogens is 2. The zero-order chi connectivity index (χ0) is 18.8. The number of aryl methyl sites for hydroxylation is 2. The van der Waals surface area contributed by atoms with Crippen molar-refractivity contribution < 1.29 is 14.6 Å². The standard InChI is InChI=1S/C21H22N2O3/c1-5-18-19(21(24)25)20(15-7-6-8-17(12-15)26-4)22-23(18)16-10-9-13(2)14(3)11-16/h6-12H,5H2,1-4H3,(H,24,25). The summed E-state index contributed by atoms with van der Waals surface area (Å²) in [7, 11) is 1.59. The molecule has 0 atom stereocenters. The Hall–Kier alpha value is -3.08. The lowest BCUT2D eigenvalue weighted by molar-refractivity contribution is 0.0696. The van der Waals surface area contributed by atoms with Crippen LogP contribution in [0.3, 0.4) is 0 Å². The summed E-state index contributed by atoms with van der Waals surface area (Å²) < 4.78 is 7.01. The maximum atomic E-state index is 12.0. The van der Waals surface area contributed by atoms with Crippen LogP contribution in [0.5, 0.6) is 5.75 Å². The van der Waals surface area contributed by atoms with E-state index in [1.807, 2.05) is 57.2 Å². The van der Waals surface area contributed by atoms with Crippen LogP contribution in [0.1, 0.15) is 34.1 Å². The molecule has 3 aromatic rings. The molecule has 0 amide bonds. The van der Waals surface area contributed by atoms with Gasteiger partial charge in [0.15, 0.2) is 0 Å². The first-order chi connectivity index (χ1) is 12.5. The molecule has 0 bridgehead atoms. The van der Waals surface area contributed by atoms with E-state index in [4.69, 9.17) is 4.74 Å². The third-order valence-electron chi connectivity index (χ3n) is 4.61. The molecule has 0 spiro atoms. The van der Waals surface area contributed by atoms with Crippen molar-refractivity contribution in [2.24, 2.45) is 0 Å². The molecule has 134 valence electrons. The highest BCUT2D eigenvalue weighted by molar-refractivity contribution is 5.96. The molecular weight excluding hydrogens is 328 g/mol. The zero-order valence-corrected chi connectivity index (χ0v) is 15.4. The number of ether oxygens (including phenoxy) is 1. The lowest BCUT2D eigenvalue weighted by Gasteiger charge is -2.09. The van der Waals surface area contributed by atoms with Gasteiger partial charge in [0.25, 0.3) is 0 Å². The second kappa shape index (κ2) is 7.04. The molecule has 0 unspecified atom stereocenters. The van der Waals surface area contributed by atoms with Crippen LogP contribution in [0.4, 0.5) is 0 Å². The Morgan fingerprint density at radius 1 is 1.15 bits per heavy atom. The summed E-state index contributed by atoms with van der Waals surface area (Å²) >= 11 is 0. The summed E-state index contributed by atoms with van der Waals surface area (Å²) in [5, 5.41) is 14.5. The van der Waals surface area contributed by atoms with E-state index in [1.54, 1.807) is 17.9 Å². The van der Waals surface area contributed by atoms with Gasteiger partial charge in [0.1, 0.15) is 17.0 Å². The largest absolute Gasteiger partial charge is 0.497 e. The number of carboxylic acids is 1. The fourth-order valence-electron chi connectivity index (χ4n) is 3.05. The molecule has 0 radical (unpaired) electrons. The monoisotopic (exact) mass is 350 g/mol. The first kappa shape index (κ1) is 17.7. The molecule has 1 heterocycles. The number of benzene rings is 2. The van der Waals surface area contributed by atoms with E-state index >= 15 is 0 Å². The van der Waals surface area contributed by atoms with Crippen LogP contribution >= 0.6 is 0 Å². The number of aromatic carboxylic acids is 1. The Morgan fingerprint density at radius 2 is 1.92 bits per heavy atom. The smallest absolute Gasteiger partial charge is 0.339 e. The number of nitrogens with zero attached hydrogens (tertiary/aromatic N) is 2. The van der Waals surface area contributed by atoms with Crippen LogP contribution in [0.25, 0.3) is 16.9 Å². The second-order valence-corrected chi connectivity index (χ2v) is 6.24. The Bertz CT molecular complexity index is 973. The fourth-order valence-corrected chi connectivity index (χ4v) is 3.05. The average Bonchev–Trinajstić information content (AvgIpc) is 3.04. The van der Waals surface area contributed by atoms with E-state index in [9.17, 15) is 9.90 Å². The Labute approximate surface area is 152 Å². The summed E-state index contributed by atoms with van der Waals surface area (Å²) in [5.74, 6) is -0.313. The maximum Gasteiger partial charge on any atom is 0.339 e. The molecule has 3 rings (SSSR count). The van der Waals surface area contributed by atoms with Crippen LogP contribution in [-0.4, -0.2) is 28.0 Å². The highest BCUT2D eigenvalue weighted by Gasteiger charge is 2.24. The minimum Gasteiger partial charge on any atom is -0.497 e. The van der Waals surface area contributed by atoms with Gasteiger partial charge in [-0.25, -0.2) is 9.48 Å². The number of hydrogen-bond donors (Lipinski definition) is 1. The number of carboxylic acid groups (broad SMARTS) is 1. The minimum atomic E-state index is -0.977. The van der Waals surface area contributed by atoms with Gasteiger partial charge in [0.2, 0.25) is 0 Å². The van der Waals surface area contributed by atoms with Gasteiger partial charge >= 0.3 is 5.97 Å². The predicted molar refractivity (Wildman–Crippen MR) is 101 cm³/mol. The van der Waals surface area contributed by atoms with Crippen molar-refractivity contribution in [1.29, 1.82) is 0 Å². The highest BCUT2D eigenvalue weighted by atomic mass is 16.5. The number of methoxy groups -OCH3 is 1. The number of hydrogen-bond acceptors (Lipinski definition) is 3. The number of rotatable bonds is 5. The summed E-state index contributed by atoms with van der Waals surface area (Å²) in [6, 6.07) is 13.3. The molecule has 0 aliphatic rings. The van der Waals surface area contributed by atoms with Gasteiger partial charge < -0.3 is 9.84 Å². The van der Waals surface area contributed by atoms with Crippen LogP contribution in [0, 0.1) is 13.8 Å². The second-order valence-electron chi connectivity index (χ2n) is 6.24. The van der Waals surface area contributed by atoms with E-state index in [1.165, 1.54) is 5.56 Å². The van der Waals surface area contributed by atoms with Gasteiger partial charge in [0, 0.05) is 5.56 Å². The van der Waals surface area contributed by atoms with E-state index in [2.05, 4.69) is 5.10 Å². The first-order valence-corrected chi connectivity index (χ1v) is 8.53. The molecule has 1 N–H and O–H groups in total. The third-order valence-corrected chi connectivity index (χ3v) is 4.61. The van der Waals surface area contributed by atoms with Crippen molar-refractivity contribution in [1.82, 2.24) is 9.78 Å². The average molecular weight is 350 g/mol. The van der Waals surface area contributed by atoms with Crippen molar-refractivity contribution >= 4 is 5.97 Å². The molecule has 0 saturated heterocycles. The van der Waals surface area contributed by atoms with Crippen molar-refractivity contribution in [3.8, 4) is 22.7 Å². The first-order valence-electron chi connectivity index (χ1n) is 8.53. The molecule has 5 heteroatoms. The van der Waals surface area contributed by atoms with Gasteiger partial charge in [-0.05, 0) is 55.7 Å². The van der Waals surface area contributed by atoms with Gasteiger partial charge in [-0.15, -0.1) is 0 Å². The summed E-state index contributed by atoms with van der Waals surface area (Å²) in [4.78, 5) is 12.0. The highest BCUT2D eigenvalue weighted by Crippen LogP contribution is 2.30. The lowest BCUT2D eigenvalue weighted by atomic mass is 10.0. The van der Waals surface area contributed by atoms with Crippen LogP contribution < -0.4 is 4.74 Å². The predicted octanol–water partition coefficient (Wildman–Crippen LogP) is 4.43. The van der Waals surface area contributed by atoms with Crippen LogP contribution in [0.2, 0.25) is 0 Å². The number of carbonyl (C=O) groups is 1. The third kappa shape index (κ3) is 3.08. The molecule has 1 aromatic heterocycles. The summed E-state index contributed by atoms with van der Waals surface area (Å²) in [6.45, 7) is 6.03. The molecule has 0 aliphatic carbocycles. The van der Waals surface area contributed by atoms with Crippen molar-refractivity contribution in [3.63, 3.8) is 0 Å². The van der Waals surface area contributed by atoms with Crippen molar-refractivity contribution in [2.75, 3.05) is 7.11 Å². The van der Waals surface area contributed by atoms with E-state index in [0.717, 1.165) is 16.8 Å². The zero-order valence-electron chi connectivity index (χ0n) is 15.4. The molecule has 0 saturated carbocycles. The topological polar surface area (TPSA) is 64.3 Å². The molecular formula is C21H22N2O3. The van der Waals surface area contributed by atoms with Gasteiger partial charge in [-0.1, -0.05) is 25.1 Å². The Balaban J connectivity index is 2.26. The minimum absolute atomic E-state index is 0.235. The van der Waals surface area contributed by atoms with Crippen LogP contribution in [-0.2, 0) is 6.42 Å². The molecule has 2 aromatic carbocycles. The van der Waals surface area contributed by atoms with Crippen molar-refractivity contribution in [3.05, 3.63) is 64.8 Å². The Morgan fingerprint density at radius 3 is 2.54 bits per heavy atom. The molecule has 5 nitrogen and oxygen atoms in total. The molecule has 0 fully saturated rings. The van der Waals surface area contributed by atoms with Gasteiger partial charge in [0.05, 0.1) is 18.5 Å². The SMILES string of the molecule is CCc1c(C(=O)O)c(-c2cccc(OC)c2)nn1-c1ccc(C)c(C)c1. The van der Waals surface area contributed by atoms with Gasteiger partial charge in [-0.2, -0.15) is 5.10 Å². The Kier molecular flexibility index (Phi) is 4.80. The molecule has 26 heavy (non-hydrogen) atoms. The molecule has 0 aliphatic heterocycles. The van der Waals surface area contributed by atoms with Gasteiger partial charge in [-0.3, -0.25) is 0 Å². The van der Waals surface area contributed by atoms with E-state index in [0.29, 0.717) is 23.6 Å². The van der Waals surface area contributed by atoms with Crippen LogP contribution in [0.15, 0.2) is 42.5 Å². The van der Waals surface area contributed by atoms with Crippen molar-refractivity contribution in [2.45, 2.75) is 27.2 Å². The van der Waals surface area contributed by atoms with E-state index in [-0.39, 0.29) is 5.56 Å². The summed E-state index contributed by atoms with van der Waals surface area (Å²) in [5.41, 5.74) is 5.27. The maximum absolute atomic E-state index is 12.0. The summed E-state index contributed by atoms with van der Waals surface area (Å²) in [6.07, 6.45) is 0.561. The lowest BCUT2D eigenvalue weighted by Crippen LogP contribution is -2.06.